The van der Waals surface area contributed by atoms with E-state index in [1.54, 1.807) is 0 Å². The summed E-state index contributed by atoms with van der Waals surface area (Å²) in [6.45, 7) is -4.10. The van der Waals surface area contributed by atoms with Gasteiger partial charge in [0, 0.05) is 61.4 Å². The van der Waals surface area contributed by atoms with Crippen molar-refractivity contribution in [1.29, 1.82) is 0 Å². The Labute approximate surface area is 807 Å². The molecule has 21 N–H and O–H groups in total. The monoisotopic (exact) mass is 2110 g/mol. The number of nitrogens with one attached hydrogen (secondary N) is 5. The average molecular weight is 2110 g/mol. The molecule has 11 aromatic heterocycles. The van der Waals surface area contributed by atoms with E-state index in [1.165, 1.54) is 44.0 Å². The zero-order valence-electron chi connectivity index (χ0n) is 74.8. The molecule has 17 heterocycles. The third kappa shape index (κ3) is 19.6. The molecule has 0 bridgehead atoms. The second-order valence-corrected chi connectivity index (χ2v) is 41.4. The van der Waals surface area contributed by atoms with Crippen molar-refractivity contribution in [3.8, 4) is 11.1 Å². The molecule has 23 atom stereocenters. The molecular formula is C79H86N27O34P5. The lowest BCUT2D eigenvalue weighted by Crippen LogP contribution is -2.37. The van der Waals surface area contributed by atoms with E-state index in [4.69, 9.17) is 107 Å². The Balaban J connectivity index is 0.522. The normalized spacial score (nSPS) is 27.2. The number of nitrogens with two attached hydrogens (primary N) is 5. The third-order valence-electron chi connectivity index (χ3n) is 25.2. The fraction of sp³-hybridized carbons (Fsp3) is 0.405. The lowest BCUT2D eigenvalue weighted by molar-refractivity contribution is -0.0942. The summed E-state index contributed by atoms with van der Waals surface area (Å²) in [5.41, 5.74) is 26.5. The Kier molecular flexibility index (Phi) is 26.1. The van der Waals surface area contributed by atoms with E-state index in [2.05, 4.69) is 79.7 Å². The fourth-order valence-corrected chi connectivity index (χ4v) is 23.5. The van der Waals surface area contributed by atoms with Crippen LogP contribution in [0, 0.1) is 6.92 Å². The fourth-order valence-electron chi connectivity index (χ4n) is 18.7. The smallest absolute Gasteiger partial charge is 0.390 e. The first-order chi connectivity index (χ1) is 69.2. The maximum atomic E-state index is 14.9. The van der Waals surface area contributed by atoms with Crippen LogP contribution in [0.2, 0.25) is 0 Å². The van der Waals surface area contributed by atoms with Crippen LogP contribution in [0.5, 0.6) is 0 Å². The van der Waals surface area contributed by atoms with Crippen molar-refractivity contribution in [1.82, 2.24) is 107 Å². The molecule has 14 aromatic rings. The highest BCUT2D eigenvalue weighted by Gasteiger charge is 2.54. The lowest BCUT2D eigenvalue weighted by Gasteiger charge is -2.34. The second-order valence-electron chi connectivity index (χ2n) is 34.4. The van der Waals surface area contributed by atoms with Gasteiger partial charge >= 0.3 is 44.8 Å². The Hall–Kier alpha value is -12.5. The van der Waals surface area contributed by atoms with E-state index in [0.29, 0.717) is 5.56 Å². The number of aliphatic hydroxyl groups is 1. The zero-order valence-corrected chi connectivity index (χ0v) is 79.2. The van der Waals surface area contributed by atoms with Gasteiger partial charge in [0.05, 0.1) is 77.4 Å². The van der Waals surface area contributed by atoms with E-state index >= 15 is 0 Å². The number of anilines is 5. The van der Waals surface area contributed by atoms with Gasteiger partial charge < -0.3 is 91.4 Å². The van der Waals surface area contributed by atoms with E-state index in [-0.39, 0.29) is 98.4 Å². The standard InChI is InChI=1S/C79H86N27O34P5/c1-34-21-101(78(113)100-69(34)108)53-16-41(47(131-53)22-124-79(35-9-3-2-4-10-35)38-13-7-5-11-36(38)37-12-6-8-14-39(37)79)136-142(116,117)126-25-49-43(18-55(133-49)104-31-89-60-66(104)93-75(82)97-71(60)110)139-144(120,121)128-27-51-45(20-57(135-51)106-33-91-62-68(106)95-77(84)99-73(62)112)140-145(122,123)129-26-50-44(19-56(134-50)105-32-90-61-67(105)94-76(83)98-72(61)111)138-143(118,119)127-24-48-42(17-54(132-48)102-29-87-58-63(80)85-28-86-64(58)102)137-141(114,115)125-23-46-40(107)15-52(130-46)103-30-88-59-65(103)92-74(81)96-70(59)109/h2-14,21,28-33,40-57,107H,15-20,22-27H2,1H3,(H,114,115)(H,116,117)(H,118,119)(H,120,121)(H,122,123)(H2,80,85,86)(H,100,108,113)(H3,81,92,96,109)(H3,82,93,97,110)(H3,83,94,98,111)(H3,84,95,99,112)/t40-,41-,42-,43-,44-,45-,46+,47+,48+,49+,50+,51+,52+,53+,54?,55+,56+,57+/m0/s1. The van der Waals surface area contributed by atoms with Crippen molar-refractivity contribution in [3.63, 3.8) is 0 Å². The maximum Gasteiger partial charge on any atom is 0.472 e. The Morgan fingerprint density at radius 2 is 0.669 bits per heavy atom. The number of aromatic nitrogens is 22. The molecule has 0 saturated carbocycles. The predicted molar refractivity (Wildman–Crippen MR) is 491 cm³/mol. The zero-order chi connectivity index (χ0) is 101. The van der Waals surface area contributed by atoms with Gasteiger partial charge in [0.15, 0.2) is 56.1 Å². The average Bonchev–Trinajstić information content (AvgIpc) is 1.55. The molecule has 1 aliphatic carbocycles. The highest BCUT2D eigenvalue weighted by molar-refractivity contribution is 7.48. The van der Waals surface area contributed by atoms with Gasteiger partial charge in [-0.05, 0) is 23.6 Å². The number of nitrogens with zero attached hydrogens (tertiary/aromatic N) is 17. The van der Waals surface area contributed by atoms with Gasteiger partial charge in [0.1, 0.15) is 122 Å². The number of H-pyrrole nitrogens is 5. The molecule has 0 radical (unpaired) electrons. The van der Waals surface area contributed by atoms with Crippen LogP contribution in [0.1, 0.15) is 98.1 Å². The van der Waals surface area contributed by atoms with Crippen molar-refractivity contribution < 1.29 is 131 Å². The number of aryl methyl sites for hydroxylation is 1. The van der Waals surface area contributed by atoms with Crippen molar-refractivity contribution >= 4 is 125 Å². The molecule has 0 amide bonds. The number of aromatic amines is 5. The summed E-state index contributed by atoms with van der Waals surface area (Å²) in [7, 11) is -27.8. The van der Waals surface area contributed by atoms with Crippen LogP contribution >= 0.6 is 39.1 Å². The van der Waals surface area contributed by atoms with Crippen LogP contribution in [0.25, 0.3) is 66.9 Å². The number of aliphatic hydroxyl groups excluding tert-OH is 1. The van der Waals surface area contributed by atoms with Gasteiger partial charge in [0.2, 0.25) is 23.8 Å². The van der Waals surface area contributed by atoms with Gasteiger partial charge in [-0.2, -0.15) is 19.9 Å². The summed E-state index contributed by atoms with van der Waals surface area (Å²) >= 11 is 0. The summed E-state index contributed by atoms with van der Waals surface area (Å²) in [4.78, 5) is 195. The first kappa shape index (κ1) is 98.5. The lowest BCUT2D eigenvalue weighted by atomic mass is 9.84. The molecule has 66 heteroatoms. The first-order valence-corrected chi connectivity index (χ1v) is 51.6. The van der Waals surface area contributed by atoms with Crippen LogP contribution < -0.4 is 62.2 Å². The van der Waals surface area contributed by atoms with E-state index < -0.39 is 260 Å². The minimum Gasteiger partial charge on any atom is -0.390 e. The molecule has 61 nitrogen and oxygen atoms in total. The summed E-state index contributed by atoms with van der Waals surface area (Å²) in [5, 5.41) is 11.1. The van der Waals surface area contributed by atoms with E-state index in [9.17, 15) is 81.2 Å². The highest BCUT2D eigenvalue weighted by Crippen LogP contribution is 2.59. The molecule has 6 saturated heterocycles. The number of phosphoric ester groups is 5. The SMILES string of the molecule is Cc1cn([C@H]2C[C@H](OP(=O)(O)OC[C@H]3O[C@@H](n4cnc5c(=O)[nH]c(N)nc54)C[C@@H]3OP(=O)(O)OC[C@H]3O[C@@H](n4cnc5c(=O)[nH]c(N)nc54)C[C@@H]3OP(=O)(O)OC[C@H]3O[C@@H](n4cnc5c(=O)[nH]c(N)nc54)C[C@@H]3OP(=O)(O)OC[C@H]3OC(n4cnc5c(N)ncnc54)C[C@@H]3OP(=O)(O)OC[C@H]3O[C@@H](n4cnc5c(=O)[nH]c(N)nc54)C[C@@H]3O)[C@@H](COC3(c4ccccc4)c4ccccc4-c4ccccc43)O2)c(=O)[nH]c1=O. The number of benzene rings is 3. The Bertz CT molecular complexity index is 7990. The third-order valence-corrected chi connectivity index (χ3v) is 30.3. The topological polar surface area (TPSA) is 846 Å². The van der Waals surface area contributed by atoms with Crippen molar-refractivity contribution in [2.24, 2.45) is 0 Å². The van der Waals surface area contributed by atoms with Gasteiger partial charge in [-0.1, -0.05) is 78.9 Å². The number of hydrogen-bond donors (Lipinski definition) is 16. The summed E-state index contributed by atoms with van der Waals surface area (Å²) in [5.74, 6) is -1.47. The van der Waals surface area contributed by atoms with Crippen LogP contribution in [-0.2, 0) is 107 Å². The highest BCUT2D eigenvalue weighted by atomic mass is 31.2. The van der Waals surface area contributed by atoms with Crippen LogP contribution in [0.3, 0.4) is 0 Å². The Morgan fingerprint density at radius 1 is 0.366 bits per heavy atom. The second kappa shape index (κ2) is 38.4. The van der Waals surface area contributed by atoms with Crippen LogP contribution in [0.4, 0.5) is 29.6 Å². The van der Waals surface area contributed by atoms with E-state index in [0.717, 1.165) is 56.7 Å². The Morgan fingerprint density at radius 3 is 1.03 bits per heavy atom. The molecule has 21 rings (SSSR count). The van der Waals surface area contributed by atoms with Gasteiger partial charge in [-0.15, -0.1) is 0 Å². The number of hydrogen-bond acceptors (Lipinski definition) is 45. The van der Waals surface area contributed by atoms with Gasteiger partial charge in [0.25, 0.3) is 27.8 Å². The molecule has 6 unspecified atom stereocenters. The molecule has 7 aliphatic rings. The maximum absolute atomic E-state index is 14.9. The van der Waals surface area contributed by atoms with Crippen molar-refractivity contribution in [3.05, 3.63) is 208 Å². The number of ether oxygens (including phenoxy) is 7. The minimum absolute atomic E-state index is 0.00166. The predicted octanol–water partition coefficient (Wildman–Crippen LogP) is 1.71. The summed E-state index contributed by atoms with van der Waals surface area (Å²) < 4.78 is 183. The number of nitrogen functional groups attached to an aromatic ring is 5. The van der Waals surface area contributed by atoms with E-state index in [1.807, 2.05) is 78.9 Å². The molecule has 3 aromatic carbocycles. The van der Waals surface area contributed by atoms with Crippen LogP contribution in [-0.4, -0.2) is 250 Å². The molecule has 145 heavy (non-hydrogen) atoms. The minimum atomic E-state index is -5.71. The number of phosphoric acid groups is 5. The number of imidazole rings is 5. The first-order valence-electron chi connectivity index (χ1n) is 44.2. The van der Waals surface area contributed by atoms with Crippen LogP contribution in [0.15, 0.2) is 152 Å². The number of fused-ring (bicyclic) bond motifs is 8. The van der Waals surface area contributed by atoms with Crippen molar-refractivity contribution in [2.45, 2.75) is 162 Å². The van der Waals surface area contributed by atoms with Gasteiger partial charge in [-0.25, -0.2) is 62.5 Å². The van der Waals surface area contributed by atoms with Crippen molar-refractivity contribution in [2.75, 3.05) is 68.3 Å². The quantitative estimate of drug-likeness (QED) is 0.0251. The summed E-state index contributed by atoms with van der Waals surface area (Å²) in [6, 6.07) is 24.4. The molecular weight excluding hydrogens is 2030 g/mol. The largest absolute Gasteiger partial charge is 0.472 e. The molecule has 6 fully saturated rings. The molecule has 0 spiro atoms. The molecule has 766 valence electrons. The molecule has 6 aliphatic heterocycles. The summed E-state index contributed by atoms with van der Waals surface area (Å²) in [6.07, 6.45) is -21.7. The number of rotatable bonds is 35. The van der Waals surface area contributed by atoms with Gasteiger partial charge in [-0.3, -0.25) is 122 Å².